The quantitative estimate of drug-likeness (QED) is 0.575. The van der Waals surface area contributed by atoms with E-state index in [9.17, 15) is 0 Å². The van der Waals surface area contributed by atoms with Gasteiger partial charge in [0.2, 0.25) is 0 Å². The fourth-order valence-electron chi connectivity index (χ4n) is 2.09. The molecule has 0 N–H and O–H groups in total. The zero-order valence-corrected chi connectivity index (χ0v) is 13.2. The predicted molar refractivity (Wildman–Crippen MR) is 79.1 cm³/mol. The molecule has 1 aliphatic rings. The Morgan fingerprint density at radius 1 is 1.47 bits per heavy atom. The second kappa shape index (κ2) is 7.48. The van der Waals surface area contributed by atoms with E-state index >= 15 is 0 Å². The molecule has 3 nitrogen and oxygen atoms in total. The van der Waals surface area contributed by atoms with Crippen molar-refractivity contribution >= 4 is 27.5 Å². The summed E-state index contributed by atoms with van der Waals surface area (Å²) in [5, 5.41) is -0.105. The summed E-state index contributed by atoms with van der Waals surface area (Å²) in [5.74, 6) is 0.803. The zero-order chi connectivity index (χ0) is 13.7. The largest absolute Gasteiger partial charge is 0.490 e. The maximum Gasteiger partial charge on any atom is 0.133 e. The Balaban J connectivity index is 2.00. The Bertz CT molecular complexity index is 408. The minimum atomic E-state index is -0.105. The SMILES string of the molecule is COCCOc1ccc(C(Cl)C2CCCO2)cc1Br. The van der Waals surface area contributed by atoms with Crippen molar-refractivity contribution in [3.05, 3.63) is 28.2 Å². The molecule has 1 aromatic carbocycles. The van der Waals surface area contributed by atoms with Crippen molar-refractivity contribution in [3.63, 3.8) is 0 Å². The van der Waals surface area contributed by atoms with Crippen LogP contribution in [-0.4, -0.2) is 33.0 Å². The van der Waals surface area contributed by atoms with Crippen LogP contribution in [0.25, 0.3) is 0 Å². The molecule has 0 amide bonds. The van der Waals surface area contributed by atoms with Gasteiger partial charge in [0, 0.05) is 13.7 Å². The highest BCUT2D eigenvalue weighted by Crippen LogP contribution is 2.36. The van der Waals surface area contributed by atoms with Gasteiger partial charge in [-0.25, -0.2) is 0 Å². The molecule has 0 radical (unpaired) electrons. The predicted octanol–water partition coefficient (Wildman–Crippen LogP) is 3.93. The summed E-state index contributed by atoms with van der Waals surface area (Å²) in [4.78, 5) is 0. The Kier molecular flexibility index (Phi) is 5.95. The van der Waals surface area contributed by atoms with Crippen molar-refractivity contribution in [3.8, 4) is 5.75 Å². The molecule has 106 valence electrons. The molecular weight excluding hydrogens is 332 g/mol. The molecule has 1 aromatic rings. The number of rotatable bonds is 6. The molecule has 0 aliphatic carbocycles. The number of methoxy groups -OCH3 is 1. The van der Waals surface area contributed by atoms with Crippen LogP contribution in [0.1, 0.15) is 23.8 Å². The van der Waals surface area contributed by atoms with Gasteiger partial charge in [-0.15, -0.1) is 11.6 Å². The van der Waals surface area contributed by atoms with Crippen LogP contribution in [0, 0.1) is 0 Å². The summed E-state index contributed by atoms with van der Waals surface area (Å²) in [6.45, 7) is 1.92. The van der Waals surface area contributed by atoms with E-state index in [1.807, 2.05) is 18.2 Å². The second-order valence-corrected chi connectivity index (χ2v) is 5.81. The number of ether oxygens (including phenoxy) is 3. The molecule has 2 rings (SSSR count). The molecule has 1 heterocycles. The van der Waals surface area contributed by atoms with Crippen LogP contribution in [0.4, 0.5) is 0 Å². The Morgan fingerprint density at radius 2 is 2.32 bits per heavy atom. The van der Waals surface area contributed by atoms with Gasteiger partial charge in [-0.05, 0) is 46.5 Å². The monoisotopic (exact) mass is 348 g/mol. The van der Waals surface area contributed by atoms with Crippen molar-refractivity contribution in [1.82, 2.24) is 0 Å². The molecule has 0 saturated carbocycles. The van der Waals surface area contributed by atoms with Gasteiger partial charge in [-0.3, -0.25) is 0 Å². The molecule has 19 heavy (non-hydrogen) atoms. The van der Waals surface area contributed by atoms with Crippen molar-refractivity contribution in [1.29, 1.82) is 0 Å². The van der Waals surface area contributed by atoms with Crippen molar-refractivity contribution < 1.29 is 14.2 Å². The lowest BCUT2D eigenvalue weighted by Gasteiger charge is -2.18. The first-order valence-corrected chi connectivity index (χ1v) is 7.62. The van der Waals surface area contributed by atoms with Gasteiger partial charge >= 0.3 is 0 Å². The van der Waals surface area contributed by atoms with E-state index < -0.39 is 0 Å². The van der Waals surface area contributed by atoms with Gasteiger partial charge in [-0.2, -0.15) is 0 Å². The highest BCUT2D eigenvalue weighted by Gasteiger charge is 2.25. The number of alkyl halides is 1. The average Bonchev–Trinajstić information content (AvgIpc) is 2.94. The Morgan fingerprint density at radius 3 is 2.95 bits per heavy atom. The van der Waals surface area contributed by atoms with Gasteiger partial charge in [0.05, 0.1) is 22.6 Å². The smallest absolute Gasteiger partial charge is 0.133 e. The molecule has 5 heteroatoms. The number of hydrogen-bond donors (Lipinski definition) is 0. The summed E-state index contributed by atoms with van der Waals surface area (Å²) in [6.07, 6.45) is 2.24. The lowest BCUT2D eigenvalue weighted by Crippen LogP contribution is -2.12. The molecule has 0 aromatic heterocycles. The van der Waals surface area contributed by atoms with Gasteiger partial charge in [-0.1, -0.05) is 6.07 Å². The third kappa shape index (κ3) is 4.09. The van der Waals surface area contributed by atoms with Crippen LogP contribution in [0.2, 0.25) is 0 Å². The molecule has 2 atom stereocenters. The maximum absolute atomic E-state index is 6.46. The molecule has 0 bridgehead atoms. The number of benzene rings is 1. The molecular formula is C14H18BrClO3. The third-order valence-electron chi connectivity index (χ3n) is 3.11. The zero-order valence-electron chi connectivity index (χ0n) is 10.9. The highest BCUT2D eigenvalue weighted by atomic mass is 79.9. The van der Waals surface area contributed by atoms with E-state index in [2.05, 4.69) is 15.9 Å². The lowest BCUT2D eigenvalue weighted by molar-refractivity contribution is 0.107. The second-order valence-electron chi connectivity index (χ2n) is 4.48. The summed E-state index contributed by atoms with van der Waals surface area (Å²) in [6, 6.07) is 5.92. The number of halogens is 2. The first-order chi connectivity index (χ1) is 9.22. The standard InChI is InChI=1S/C14H18BrClO3/c1-17-7-8-19-12-5-4-10(9-11(12)15)14(16)13-3-2-6-18-13/h4-5,9,13-14H,2-3,6-8H2,1H3. The van der Waals surface area contributed by atoms with Gasteiger partial charge < -0.3 is 14.2 Å². The first-order valence-electron chi connectivity index (χ1n) is 6.39. The minimum absolute atomic E-state index is 0.105. The van der Waals surface area contributed by atoms with Gasteiger partial charge in [0.1, 0.15) is 12.4 Å². The fourth-order valence-corrected chi connectivity index (χ4v) is 2.93. The number of hydrogen-bond acceptors (Lipinski definition) is 3. The normalized spacial score (nSPS) is 20.5. The third-order valence-corrected chi connectivity index (χ3v) is 4.26. The van der Waals surface area contributed by atoms with E-state index in [0.717, 1.165) is 35.2 Å². The van der Waals surface area contributed by atoms with Crippen LogP contribution in [0.15, 0.2) is 22.7 Å². The van der Waals surface area contributed by atoms with Crippen LogP contribution >= 0.6 is 27.5 Å². The van der Waals surface area contributed by atoms with E-state index in [1.54, 1.807) is 7.11 Å². The van der Waals surface area contributed by atoms with Gasteiger partial charge in [0.15, 0.2) is 0 Å². The molecule has 2 unspecified atom stereocenters. The van der Waals surface area contributed by atoms with E-state index in [4.69, 9.17) is 25.8 Å². The molecule has 0 spiro atoms. The van der Waals surface area contributed by atoms with Crippen molar-refractivity contribution in [2.45, 2.75) is 24.3 Å². The van der Waals surface area contributed by atoms with Crippen molar-refractivity contribution in [2.75, 3.05) is 26.9 Å². The van der Waals surface area contributed by atoms with E-state index in [1.165, 1.54) is 0 Å². The van der Waals surface area contributed by atoms with Crippen LogP contribution < -0.4 is 4.74 Å². The molecule has 1 fully saturated rings. The van der Waals surface area contributed by atoms with Crippen LogP contribution in [-0.2, 0) is 9.47 Å². The van der Waals surface area contributed by atoms with Crippen LogP contribution in [0.5, 0.6) is 5.75 Å². The Hall–Kier alpha value is -0.290. The van der Waals surface area contributed by atoms with E-state index in [-0.39, 0.29) is 11.5 Å². The summed E-state index contributed by atoms with van der Waals surface area (Å²) >= 11 is 9.97. The maximum atomic E-state index is 6.46. The molecule has 1 saturated heterocycles. The van der Waals surface area contributed by atoms with E-state index in [0.29, 0.717) is 13.2 Å². The topological polar surface area (TPSA) is 27.7 Å². The fraction of sp³-hybridized carbons (Fsp3) is 0.571. The highest BCUT2D eigenvalue weighted by molar-refractivity contribution is 9.10. The summed E-state index contributed by atoms with van der Waals surface area (Å²) in [5.41, 5.74) is 1.06. The summed E-state index contributed by atoms with van der Waals surface area (Å²) in [7, 11) is 1.65. The molecule has 1 aliphatic heterocycles. The van der Waals surface area contributed by atoms with Gasteiger partial charge in [0.25, 0.3) is 0 Å². The van der Waals surface area contributed by atoms with Crippen LogP contribution in [0.3, 0.4) is 0 Å². The lowest BCUT2D eigenvalue weighted by atomic mass is 10.1. The van der Waals surface area contributed by atoms with Crippen molar-refractivity contribution in [2.24, 2.45) is 0 Å². The first kappa shape index (κ1) is 15.1. The summed E-state index contributed by atoms with van der Waals surface area (Å²) < 4.78 is 17.1. The Labute approximate surface area is 127 Å². The minimum Gasteiger partial charge on any atom is -0.490 e. The average molecular weight is 350 g/mol.